The summed E-state index contributed by atoms with van der Waals surface area (Å²) >= 11 is 5.85. The highest BCUT2D eigenvalue weighted by molar-refractivity contribution is 7.89. The summed E-state index contributed by atoms with van der Waals surface area (Å²) < 4.78 is 31.5. The lowest BCUT2D eigenvalue weighted by molar-refractivity contribution is -0.115. The second-order valence-corrected chi connectivity index (χ2v) is 7.21. The molecule has 6 nitrogen and oxygen atoms in total. The lowest BCUT2D eigenvalue weighted by Gasteiger charge is -2.10. The molecule has 0 aliphatic rings. The third-order valence-electron chi connectivity index (χ3n) is 3.26. The predicted molar refractivity (Wildman–Crippen MR) is 93.0 cm³/mol. The molecule has 1 amide bonds. The van der Waals surface area contributed by atoms with Gasteiger partial charge in [-0.15, -0.1) is 0 Å². The first-order valence-electron chi connectivity index (χ1n) is 7.01. The smallest absolute Gasteiger partial charge is 0.241 e. The Morgan fingerprint density at radius 1 is 1.17 bits per heavy atom. The molecule has 0 spiro atoms. The molecule has 24 heavy (non-hydrogen) atoms. The number of anilines is 1. The van der Waals surface area contributed by atoms with Crippen LogP contribution < -0.4 is 14.8 Å². The minimum Gasteiger partial charge on any atom is -0.497 e. The molecule has 0 saturated carbocycles. The number of carbonyl (C=O) groups is 1. The number of aryl methyl sites for hydroxylation is 1. The van der Waals surface area contributed by atoms with Crippen LogP contribution in [0.3, 0.4) is 0 Å². The highest BCUT2D eigenvalue weighted by Gasteiger charge is 2.16. The van der Waals surface area contributed by atoms with Crippen molar-refractivity contribution in [3.8, 4) is 5.75 Å². The second kappa shape index (κ2) is 7.65. The van der Waals surface area contributed by atoms with Crippen LogP contribution >= 0.6 is 11.6 Å². The maximum absolute atomic E-state index is 12.2. The van der Waals surface area contributed by atoms with Crippen LogP contribution in [-0.4, -0.2) is 28.0 Å². The second-order valence-electron chi connectivity index (χ2n) is 5.01. The number of sulfonamides is 1. The van der Waals surface area contributed by atoms with Gasteiger partial charge in [0.1, 0.15) is 5.75 Å². The topological polar surface area (TPSA) is 84.5 Å². The van der Waals surface area contributed by atoms with E-state index in [0.717, 1.165) is 5.56 Å². The van der Waals surface area contributed by atoms with E-state index in [1.165, 1.54) is 31.4 Å². The Labute approximate surface area is 145 Å². The van der Waals surface area contributed by atoms with Crippen molar-refractivity contribution in [3.05, 3.63) is 53.1 Å². The minimum absolute atomic E-state index is 0.0544. The van der Waals surface area contributed by atoms with E-state index in [0.29, 0.717) is 16.5 Å². The molecule has 0 aromatic heterocycles. The summed E-state index contributed by atoms with van der Waals surface area (Å²) in [5.74, 6) is 0.0717. The molecule has 2 rings (SSSR count). The summed E-state index contributed by atoms with van der Waals surface area (Å²) in [7, 11) is -2.29. The van der Waals surface area contributed by atoms with Gasteiger partial charge in [-0.25, -0.2) is 13.1 Å². The normalized spacial score (nSPS) is 11.1. The fourth-order valence-electron chi connectivity index (χ4n) is 1.96. The van der Waals surface area contributed by atoms with Gasteiger partial charge in [0.15, 0.2) is 0 Å². The van der Waals surface area contributed by atoms with E-state index < -0.39 is 15.9 Å². The number of hydrogen-bond donors (Lipinski definition) is 2. The molecule has 128 valence electrons. The lowest BCUT2D eigenvalue weighted by atomic mass is 10.2. The molecule has 2 aromatic rings. The Hall–Kier alpha value is -2.09. The summed E-state index contributed by atoms with van der Waals surface area (Å²) in [4.78, 5) is 12.0. The molecule has 2 N–H and O–H groups in total. The first-order valence-corrected chi connectivity index (χ1v) is 8.87. The molecule has 0 bridgehead atoms. The number of methoxy groups -OCH3 is 1. The fraction of sp³-hybridized carbons (Fsp3) is 0.188. The van der Waals surface area contributed by atoms with Gasteiger partial charge in [0.05, 0.1) is 18.6 Å². The van der Waals surface area contributed by atoms with E-state index in [2.05, 4.69) is 10.0 Å². The number of rotatable bonds is 6. The summed E-state index contributed by atoms with van der Waals surface area (Å²) in [6, 6.07) is 10.9. The summed E-state index contributed by atoms with van der Waals surface area (Å²) in [6.45, 7) is 1.42. The van der Waals surface area contributed by atoms with Crippen molar-refractivity contribution in [1.29, 1.82) is 0 Å². The third kappa shape index (κ3) is 4.70. The standard InChI is InChI=1S/C16H17ClN2O4S/c1-11-9-12(17)3-8-15(11)19-16(20)10-18-24(21,22)14-6-4-13(23-2)5-7-14/h3-9,18H,10H2,1-2H3,(H,19,20). The largest absolute Gasteiger partial charge is 0.497 e. The van der Waals surface area contributed by atoms with Crippen molar-refractivity contribution < 1.29 is 17.9 Å². The first-order chi connectivity index (χ1) is 11.3. The lowest BCUT2D eigenvalue weighted by Crippen LogP contribution is -2.33. The van der Waals surface area contributed by atoms with Crippen LogP contribution in [0, 0.1) is 6.92 Å². The maximum atomic E-state index is 12.2. The van der Waals surface area contributed by atoms with Crippen LogP contribution in [0.15, 0.2) is 47.4 Å². The van der Waals surface area contributed by atoms with Crippen molar-refractivity contribution in [2.75, 3.05) is 19.0 Å². The number of ether oxygens (including phenoxy) is 1. The van der Waals surface area contributed by atoms with Crippen LogP contribution in [0.2, 0.25) is 5.02 Å². The van der Waals surface area contributed by atoms with Crippen molar-refractivity contribution >= 4 is 33.2 Å². The Kier molecular flexibility index (Phi) is 5.82. The summed E-state index contributed by atoms with van der Waals surface area (Å²) in [6.07, 6.45) is 0. The summed E-state index contributed by atoms with van der Waals surface area (Å²) in [5, 5.41) is 3.20. The third-order valence-corrected chi connectivity index (χ3v) is 4.91. The number of amides is 1. The van der Waals surface area contributed by atoms with Crippen molar-refractivity contribution in [3.63, 3.8) is 0 Å². The van der Waals surface area contributed by atoms with Gasteiger partial charge >= 0.3 is 0 Å². The Morgan fingerprint density at radius 3 is 2.42 bits per heavy atom. The molecule has 0 fully saturated rings. The van der Waals surface area contributed by atoms with E-state index in [1.54, 1.807) is 25.1 Å². The van der Waals surface area contributed by atoms with Crippen LogP contribution in [0.5, 0.6) is 5.75 Å². The molecule has 0 aliphatic heterocycles. The Morgan fingerprint density at radius 2 is 1.83 bits per heavy atom. The monoisotopic (exact) mass is 368 g/mol. The van der Waals surface area contributed by atoms with Crippen molar-refractivity contribution in [2.45, 2.75) is 11.8 Å². The summed E-state index contributed by atoms with van der Waals surface area (Å²) in [5.41, 5.74) is 1.36. The van der Waals surface area contributed by atoms with Crippen LogP contribution in [0.4, 0.5) is 5.69 Å². The fourth-order valence-corrected chi connectivity index (χ4v) is 3.17. The average molecular weight is 369 g/mol. The molecule has 8 heteroatoms. The zero-order chi connectivity index (χ0) is 17.7. The number of benzene rings is 2. The van der Waals surface area contributed by atoms with Crippen LogP contribution in [0.25, 0.3) is 0 Å². The molecular formula is C16H17ClN2O4S. The molecular weight excluding hydrogens is 352 g/mol. The molecule has 0 radical (unpaired) electrons. The van der Waals surface area contributed by atoms with E-state index in [9.17, 15) is 13.2 Å². The van der Waals surface area contributed by atoms with Gasteiger partial charge in [-0.3, -0.25) is 4.79 Å². The molecule has 2 aromatic carbocycles. The van der Waals surface area contributed by atoms with Crippen molar-refractivity contribution in [2.24, 2.45) is 0 Å². The van der Waals surface area contributed by atoms with Crippen LogP contribution in [0.1, 0.15) is 5.56 Å². The predicted octanol–water partition coefficient (Wildman–Crippen LogP) is 2.57. The van der Waals surface area contributed by atoms with Crippen LogP contribution in [-0.2, 0) is 14.8 Å². The average Bonchev–Trinajstić information content (AvgIpc) is 2.56. The van der Waals surface area contributed by atoms with Gasteiger partial charge in [0.25, 0.3) is 0 Å². The number of carbonyl (C=O) groups excluding carboxylic acids is 1. The first kappa shape index (κ1) is 18.3. The van der Waals surface area contributed by atoms with Gasteiger partial charge in [0, 0.05) is 10.7 Å². The van der Waals surface area contributed by atoms with Gasteiger partial charge in [-0.2, -0.15) is 0 Å². The Bertz CT molecular complexity index is 836. The highest BCUT2D eigenvalue weighted by Crippen LogP contribution is 2.19. The van der Waals surface area contributed by atoms with Gasteiger partial charge < -0.3 is 10.1 Å². The number of hydrogen-bond acceptors (Lipinski definition) is 4. The number of halogens is 1. The van der Waals surface area contributed by atoms with Gasteiger partial charge in [-0.1, -0.05) is 11.6 Å². The Balaban J connectivity index is 1.99. The van der Waals surface area contributed by atoms with Crippen molar-refractivity contribution in [1.82, 2.24) is 4.72 Å². The molecule has 0 unspecified atom stereocenters. The molecule has 0 atom stereocenters. The minimum atomic E-state index is -3.78. The highest BCUT2D eigenvalue weighted by atomic mass is 35.5. The molecule has 0 saturated heterocycles. The van der Waals surface area contributed by atoms with Gasteiger partial charge in [0.2, 0.25) is 15.9 Å². The van der Waals surface area contributed by atoms with Gasteiger partial charge in [-0.05, 0) is 55.0 Å². The zero-order valence-electron chi connectivity index (χ0n) is 13.2. The SMILES string of the molecule is COc1ccc(S(=O)(=O)NCC(=O)Nc2ccc(Cl)cc2C)cc1. The number of nitrogens with one attached hydrogen (secondary N) is 2. The molecule has 0 aliphatic carbocycles. The molecule has 0 heterocycles. The van der Waals surface area contributed by atoms with E-state index in [1.807, 2.05) is 0 Å². The quantitative estimate of drug-likeness (QED) is 0.820. The zero-order valence-corrected chi connectivity index (χ0v) is 14.7. The van der Waals surface area contributed by atoms with E-state index in [-0.39, 0.29) is 11.4 Å². The maximum Gasteiger partial charge on any atom is 0.241 e. The van der Waals surface area contributed by atoms with E-state index >= 15 is 0 Å². The van der Waals surface area contributed by atoms with E-state index in [4.69, 9.17) is 16.3 Å².